The number of carbonyl (C=O) groups excluding carboxylic acids is 1. The van der Waals surface area contributed by atoms with Gasteiger partial charge in [-0.2, -0.15) is 13.2 Å². The molecule has 0 aliphatic heterocycles. The average Bonchev–Trinajstić information content (AvgIpc) is 2.52. The van der Waals surface area contributed by atoms with Crippen LogP contribution in [0, 0.1) is 0 Å². The van der Waals surface area contributed by atoms with Crippen LogP contribution in [0.5, 0.6) is 0 Å². The minimum absolute atomic E-state index is 0.0337. The fraction of sp³-hybridized carbons (Fsp3) is 0.562. The van der Waals surface area contributed by atoms with Crippen molar-refractivity contribution in [2.75, 3.05) is 17.1 Å². The van der Waals surface area contributed by atoms with Crippen molar-refractivity contribution in [1.29, 1.82) is 0 Å². The first-order chi connectivity index (χ1) is 12.0. The van der Waals surface area contributed by atoms with Crippen molar-refractivity contribution in [3.8, 4) is 0 Å². The number of benzene rings is 1. The zero-order valence-electron chi connectivity index (χ0n) is 14.1. The minimum atomic E-state index is -4.74. The van der Waals surface area contributed by atoms with E-state index in [0.717, 1.165) is 50.5 Å². The number of halogens is 4. The molecule has 0 radical (unpaired) electrons. The van der Waals surface area contributed by atoms with Crippen LogP contribution in [0.1, 0.15) is 37.7 Å². The highest BCUT2D eigenvalue weighted by atomic mass is 35.5. The number of rotatable bonds is 5. The summed E-state index contributed by atoms with van der Waals surface area (Å²) in [4.78, 5) is 12.2. The monoisotopic (exact) mass is 412 g/mol. The molecule has 1 amide bonds. The summed E-state index contributed by atoms with van der Waals surface area (Å²) in [5.41, 5.74) is -1.42. The molecule has 1 saturated carbocycles. The smallest absolute Gasteiger partial charge is 0.352 e. The van der Waals surface area contributed by atoms with Crippen molar-refractivity contribution in [3.05, 3.63) is 28.8 Å². The molecule has 1 aromatic rings. The van der Waals surface area contributed by atoms with E-state index in [1.165, 1.54) is 0 Å². The molecule has 0 saturated heterocycles. The second kappa shape index (κ2) is 8.04. The summed E-state index contributed by atoms with van der Waals surface area (Å²) >= 11 is 5.57. The molecule has 0 atom stereocenters. The van der Waals surface area contributed by atoms with Gasteiger partial charge in [0.15, 0.2) is 0 Å². The number of amides is 1. The summed E-state index contributed by atoms with van der Waals surface area (Å²) in [5.74, 6) is -0.550. The van der Waals surface area contributed by atoms with Gasteiger partial charge in [-0.05, 0) is 31.0 Å². The Hall–Kier alpha value is -1.48. The summed E-state index contributed by atoms with van der Waals surface area (Å²) < 4.78 is 63.8. The van der Waals surface area contributed by atoms with E-state index < -0.39 is 39.2 Å². The molecule has 5 nitrogen and oxygen atoms in total. The minimum Gasteiger partial charge on any atom is -0.352 e. The SMILES string of the molecule is CS(=O)(=O)N(CC(=O)NC1CCCCC1)c1ccc(Cl)c(C(F)(F)F)c1. The van der Waals surface area contributed by atoms with Crippen LogP contribution in [0.2, 0.25) is 5.02 Å². The molecule has 10 heteroatoms. The van der Waals surface area contributed by atoms with Gasteiger partial charge in [0.2, 0.25) is 15.9 Å². The second-order valence-corrected chi connectivity index (χ2v) is 8.65. The number of hydrogen-bond donors (Lipinski definition) is 1. The van der Waals surface area contributed by atoms with Gasteiger partial charge in [-0.3, -0.25) is 9.10 Å². The summed E-state index contributed by atoms with van der Waals surface area (Å²) in [6, 6.07) is 2.72. The Bertz CT molecular complexity index is 762. The first-order valence-electron chi connectivity index (χ1n) is 8.12. The molecular weight excluding hydrogens is 393 g/mol. The first-order valence-corrected chi connectivity index (χ1v) is 10.3. The van der Waals surface area contributed by atoms with E-state index in [2.05, 4.69) is 5.32 Å². The molecule has 146 valence electrons. The lowest BCUT2D eigenvalue weighted by atomic mass is 9.95. The van der Waals surface area contributed by atoms with Crippen molar-refractivity contribution in [2.45, 2.75) is 44.3 Å². The highest BCUT2D eigenvalue weighted by Crippen LogP contribution is 2.37. The van der Waals surface area contributed by atoms with Gasteiger partial charge in [-0.15, -0.1) is 0 Å². The Morgan fingerprint density at radius 2 is 1.88 bits per heavy atom. The molecular formula is C16H20ClF3N2O3S. The number of nitrogens with zero attached hydrogens (tertiary/aromatic N) is 1. The maximum absolute atomic E-state index is 13.0. The van der Waals surface area contributed by atoms with Gasteiger partial charge in [-0.25, -0.2) is 8.42 Å². The van der Waals surface area contributed by atoms with Crippen LogP contribution in [0.3, 0.4) is 0 Å². The Morgan fingerprint density at radius 3 is 2.42 bits per heavy atom. The van der Waals surface area contributed by atoms with Crippen molar-refractivity contribution < 1.29 is 26.4 Å². The van der Waals surface area contributed by atoms with Gasteiger partial charge in [0.25, 0.3) is 0 Å². The average molecular weight is 413 g/mol. The molecule has 1 N–H and O–H groups in total. The zero-order valence-corrected chi connectivity index (χ0v) is 15.7. The van der Waals surface area contributed by atoms with Crippen LogP contribution in [0.15, 0.2) is 18.2 Å². The van der Waals surface area contributed by atoms with Crippen molar-refractivity contribution >= 4 is 33.2 Å². The Kier molecular flexibility index (Phi) is 6.44. The molecule has 0 aromatic heterocycles. The number of alkyl halides is 3. The Balaban J connectivity index is 2.24. The van der Waals surface area contributed by atoms with E-state index in [0.29, 0.717) is 10.4 Å². The lowest BCUT2D eigenvalue weighted by molar-refractivity contribution is -0.137. The largest absolute Gasteiger partial charge is 0.417 e. The van der Waals surface area contributed by atoms with E-state index in [9.17, 15) is 26.4 Å². The fourth-order valence-corrected chi connectivity index (χ4v) is 4.01. The number of nitrogens with one attached hydrogen (secondary N) is 1. The number of sulfonamides is 1. The van der Waals surface area contributed by atoms with Crippen LogP contribution in [0.4, 0.5) is 18.9 Å². The summed E-state index contributed by atoms with van der Waals surface area (Å²) in [5, 5.41) is 2.21. The molecule has 0 spiro atoms. The fourth-order valence-electron chi connectivity index (χ4n) is 2.94. The van der Waals surface area contributed by atoms with Crippen LogP contribution < -0.4 is 9.62 Å². The highest BCUT2D eigenvalue weighted by molar-refractivity contribution is 7.92. The maximum atomic E-state index is 13.0. The number of carbonyl (C=O) groups is 1. The molecule has 2 rings (SSSR count). The quantitative estimate of drug-likeness (QED) is 0.803. The standard InChI is InChI=1S/C16H20ClF3N2O3S/c1-26(24,25)22(10-15(23)21-11-5-3-2-4-6-11)12-7-8-14(17)13(9-12)16(18,19)20/h7-9,11H,2-6,10H2,1H3,(H,21,23). The molecule has 1 aromatic carbocycles. The highest BCUT2D eigenvalue weighted by Gasteiger charge is 2.34. The summed E-state index contributed by atoms with van der Waals surface area (Å²) in [7, 11) is -3.97. The lowest BCUT2D eigenvalue weighted by Crippen LogP contribution is -2.44. The topological polar surface area (TPSA) is 66.5 Å². The summed E-state index contributed by atoms with van der Waals surface area (Å²) in [6.45, 7) is -0.589. The van der Waals surface area contributed by atoms with Crippen LogP contribution in [-0.4, -0.2) is 33.2 Å². The molecule has 0 unspecified atom stereocenters. The van der Waals surface area contributed by atoms with Gasteiger partial charge in [-0.1, -0.05) is 30.9 Å². The maximum Gasteiger partial charge on any atom is 0.417 e. The predicted octanol–water partition coefficient (Wildman–Crippen LogP) is 3.57. The van der Waals surface area contributed by atoms with Gasteiger partial charge in [0, 0.05) is 6.04 Å². The van der Waals surface area contributed by atoms with E-state index in [1.807, 2.05) is 0 Å². The molecule has 0 bridgehead atoms. The molecule has 1 aliphatic rings. The zero-order chi connectivity index (χ0) is 19.5. The molecule has 1 fully saturated rings. The van der Waals surface area contributed by atoms with Gasteiger partial charge in [0.1, 0.15) is 6.54 Å². The lowest BCUT2D eigenvalue weighted by Gasteiger charge is -2.26. The number of anilines is 1. The van der Waals surface area contributed by atoms with Crippen molar-refractivity contribution in [3.63, 3.8) is 0 Å². The molecule has 0 heterocycles. The van der Waals surface area contributed by atoms with Gasteiger partial charge >= 0.3 is 6.18 Å². The second-order valence-electron chi connectivity index (χ2n) is 6.33. The molecule has 26 heavy (non-hydrogen) atoms. The van der Waals surface area contributed by atoms with Crippen molar-refractivity contribution in [1.82, 2.24) is 5.32 Å². The third-order valence-corrected chi connectivity index (χ3v) is 5.67. The Labute approximate surface area is 155 Å². The first kappa shape index (κ1) is 20.8. The van der Waals surface area contributed by atoms with E-state index >= 15 is 0 Å². The van der Waals surface area contributed by atoms with Crippen molar-refractivity contribution in [2.24, 2.45) is 0 Å². The Morgan fingerprint density at radius 1 is 1.27 bits per heavy atom. The van der Waals surface area contributed by atoms with E-state index in [4.69, 9.17) is 11.6 Å². The van der Waals surface area contributed by atoms with Crippen LogP contribution in [-0.2, 0) is 21.0 Å². The van der Waals surface area contributed by atoms with Crippen LogP contribution in [0.25, 0.3) is 0 Å². The molecule has 1 aliphatic carbocycles. The predicted molar refractivity (Wildman–Crippen MR) is 93.7 cm³/mol. The van der Waals surface area contributed by atoms with Gasteiger partial charge in [0.05, 0.1) is 22.5 Å². The van der Waals surface area contributed by atoms with E-state index in [-0.39, 0.29) is 11.7 Å². The third kappa shape index (κ3) is 5.51. The van der Waals surface area contributed by atoms with Gasteiger partial charge < -0.3 is 5.32 Å². The van der Waals surface area contributed by atoms with Crippen LogP contribution >= 0.6 is 11.6 Å². The summed E-state index contributed by atoms with van der Waals surface area (Å²) in [6.07, 6.45) is 0.767. The van der Waals surface area contributed by atoms with E-state index in [1.54, 1.807) is 0 Å². The normalized spacial score (nSPS) is 16.3. The third-order valence-electron chi connectivity index (χ3n) is 4.20. The number of hydrogen-bond acceptors (Lipinski definition) is 3.